The first kappa shape index (κ1) is 24.4. The summed E-state index contributed by atoms with van der Waals surface area (Å²) in [5.41, 5.74) is 3.95. The molecule has 0 saturated heterocycles. The van der Waals surface area contributed by atoms with E-state index in [0.29, 0.717) is 24.7 Å². The van der Waals surface area contributed by atoms with Gasteiger partial charge in [-0.15, -0.1) is 0 Å². The Kier molecular flexibility index (Phi) is 6.74. The predicted molar refractivity (Wildman–Crippen MR) is 144 cm³/mol. The highest BCUT2D eigenvalue weighted by Crippen LogP contribution is 2.35. The average Bonchev–Trinajstić information content (AvgIpc) is 3.32. The van der Waals surface area contributed by atoms with E-state index in [9.17, 15) is 9.59 Å². The molecule has 5 nitrogen and oxygen atoms in total. The van der Waals surface area contributed by atoms with Gasteiger partial charge < -0.3 is 14.8 Å². The van der Waals surface area contributed by atoms with E-state index in [1.807, 2.05) is 41.8 Å². The van der Waals surface area contributed by atoms with Gasteiger partial charge >= 0.3 is 0 Å². The minimum absolute atomic E-state index is 0.0565. The molecule has 1 aliphatic carbocycles. The molecule has 2 heterocycles. The van der Waals surface area contributed by atoms with Gasteiger partial charge in [0, 0.05) is 18.3 Å². The Morgan fingerprint density at radius 1 is 0.917 bits per heavy atom. The number of nitrogens with zero attached hydrogens (tertiary/aromatic N) is 2. The van der Waals surface area contributed by atoms with E-state index >= 15 is 0 Å². The zero-order chi connectivity index (χ0) is 25.3. The number of rotatable bonds is 6. The third-order valence-corrected chi connectivity index (χ3v) is 8.19. The summed E-state index contributed by atoms with van der Waals surface area (Å²) < 4.78 is 2.04. The number of hydrogen-bond donors (Lipinski definition) is 1. The minimum atomic E-state index is -1.00. The second-order valence-corrected chi connectivity index (χ2v) is 10.8. The van der Waals surface area contributed by atoms with Crippen LogP contribution in [0.1, 0.15) is 68.1 Å². The van der Waals surface area contributed by atoms with Crippen LogP contribution in [0.3, 0.4) is 0 Å². The molecule has 0 bridgehead atoms. The lowest BCUT2D eigenvalue weighted by Gasteiger charge is -2.45. The smallest absolute Gasteiger partial charge is 0.271 e. The van der Waals surface area contributed by atoms with E-state index < -0.39 is 5.54 Å². The third kappa shape index (κ3) is 4.59. The van der Waals surface area contributed by atoms with E-state index in [-0.39, 0.29) is 17.9 Å². The van der Waals surface area contributed by atoms with Crippen LogP contribution < -0.4 is 5.32 Å². The molecule has 36 heavy (non-hydrogen) atoms. The van der Waals surface area contributed by atoms with Crippen molar-refractivity contribution in [2.24, 2.45) is 5.92 Å². The molecule has 1 atom stereocenters. The lowest BCUT2D eigenvalue weighted by molar-refractivity contribution is -0.134. The van der Waals surface area contributed by atoms with E-state index in [2.05, 4.69) is 55.6 Å². The Morgan fingerprint density at radius 3 is 2.22 bits per heavy atom. The summed E-state index contributed by atoms with van der Waals surface area (Å²) in [6, 6.07) is 22.6. The van der Waals surface area contributed by atoms with Crippen LogP contribution in [0.2, 0.25) is 0 Å². The maximum Gasteiger partial charge on any atom is 0.271 e. The molecule has 1 fully saturated rings. The van der Waals surface area contributed by atoms with Crippen LogP contribution in [0.4, 0.5) is 0 Å². The van der Waals surface area contributed by atoms with Crippen LogP contribution in [-0.2, 0) is 24.3 Å². The summed E-state index contributed by atoms with van der Waals surface area (Å²) in [6.07, 6.45) is 5.24. The molecule has 0 radical (unpaired) electrons. The van der Waals surface area contributed by atoms with Crippen molar-refractivity contribution >= 4 is 11.8 Å². The number of aromatic nitrogens is 1. The zero-order valence-electron chi connectivity index (χ0n) is 21.7. The van der Waals surface area contributed by atoms with Gasteiger partial charge in [-0.1, -0.05) is 68.4 Å². The number of benzene rings is 2. The Balaban J connectivity index is 1.50. The van der Waals surface area contributed by atoms with Crippen molar-refractivity contribution in [2.45, 2.75) is 77.5 Å². The molecule has 2 aliphatic rings. The largest absolute Gasteiger partial charge is 0.351 e. The molecule has 1 unspecified atom stereocenters. The molecular formula is C31H37N3O2. The summed E-state index contributed by atoms with van der Waals surface area (Å²) >= 11 is 0. The van der Waals surface area contributed by atoms with Gasteiger partial charge in [0.2, 0.25) is 5.91 Å². The molecule has 188 valence electrons. The fraction of sp³-hybridized carbons (Fsp3) is 0.419. The number of hydrogen-bond acceptors (Lipinski definition) is 2. The molecule has 2 amide bonds. The number of carbonyl (C=O) groups excluding carboxylic acids is 2. The third-order valence-electron chi connectivity index (χ3n) is 8.19. The van der Waals surface area contributed by atoms with E-state index in [1.54, 1.807) is 4.90 Å². The molecule has 1 N–H and O–H groups in total. The first-order valence-electron chi connectivity index (χ1n) is 13.3. The monoisotopic (exact) mass is 483 g/mol. The molecule has 1 saturated carbocycles. The molecule has 3 aromatic rings. The first-order valence-corrected chi connectivity index (χ1v) is 13.3. The quantitative estimate of drug-likeness (QED) is 0.480. The maximum atomic E-state index is 14.0. The summed E-state index contributed by atoms with van der Waals surface area (Å²) in [6.45, 7) is 7.18. The van der Waals surface area contributed by atoms with Crippen LogP contribution in [-0.4, -0.2) is 32.9 Å². The van der Waals surface area contributed by atoms with Gasteiger partial charge in [0.25, 0.3) is 5.91 Å². The van der Waals surface area contributed by atoms with Gasteiger partial charge in [0.1, 0.15) is 11.2 Å². The number of amides is 2. The highest BCUT2D eigenvalue weighted by Gasteiger charge is 2.48. The van der Waals surface area contributed by atoms with E-state index in [4.69, 9.17) is 0 Å². The number of aryl methyl sites for hydroxylation is 1. The number of carbonyl (C=O) groups is 2. The van der Waals surface area contributed by atoms with Gasteiger partial charge in [-0.25, -0.2) is 0 Å². The van der Waals surface area contributed by atoms with Gasteiger partial charge in [-0.05, 0) is 73.8 Å². The summed E-state index contributed by atoms with van der Waals surface area (Å²) in [7, 11) is 0. The van der Waals surface area contributed by atoms with E-state index in [1.165, 1.54) is 5.56 Å². The van der Waals surface area contributed by atoms with Gasteiger partial charge in [-0.3, -0.25) is 9.59 Å². The molecule has 0 spiro atoms. The lowest BCUT2D eigenvalue weighted by Crippen LogP contribution is -2.64. The first-order chi connectivity index (χ1) is 17.4. The lowest BCUT2D eigenvalue weighted by atomic mass is 9.86. The van der Waals surface area contributed by atoms with Crippen LogP contribution in [0.25, 0.3) is 11.3 Å². The van der Waals surface area contributed by atoms with Crippen molar-refractivity contribution in [1.29, 1.82) is 0 Å². The zero-order valence-corrected chi connectivity index (χ0v) is 21.7. The summed E-state index contributed by atoms with van der Waals surface area (Å²) in [5, 5.41) is 3.34. The fourth-order valence-electron chi connectivity index (χ4n) is 5.69. The number of fused-ring (bicyclic) bond motifs is 1. The fourth-order valence-corrected chi connectivity index (χ4v) is 5.69. The van der Waals surface area contributed by atoms with E-state index in [0.717, 1.165) is 48.9 Å². The second-order valence-electron chi connectivity index (χ2n) is 10.8. The SMILES string of the molecule is CCc1ccc(CN2C(=O)c3ccc(-c4ccccc4)n3CC2(C)C(=O)NC2CCC(C)CC2)cc1. The normalized spacial score (nSPS) is 23.9. The van der Waals surface area contributed by atoms with Crippen molar-refractivity contribution in [3.8, 4) is 11.3 Å². The topological polar surface area (TPSA) is 54.3 Å². The Labute approximate surface area is 214 Å². The highest BCUT2D eigenvalue weighted by atomic mass is 16.2. The summed E-state index contributed by atoms with van der Waals surface area (Å²) in [5.74, 6) is 0.556. The standard InChI is InChI=1S/C31H37N3O2/c1-4-23-12-14-24(15-13-23)20-34-29(35)28-19-18-27(25-8-6-5-7-9-25)33(28)21-31(34,3)30(36)32-26-16-10-22(2)11-17-26/h5-9,12-15,18-19,22,26H,4,10-11,16-17,20-21H2,1-3H3,(H,32,36). The van der Waals surface area contributed by atoms with Crippen LogP contribution >= 0.6 is 0 Å². The maximum absolute atomic E-state index is 14.0. The molecular weight excluding hydrogens is 446 g/mol. The second kappa shape index (κ2) is 9.96. The molecule has 1 aliphatic heterocycles. The van der Waals surface area contributed by atoms with Crippen molar-refractivity contribution in [3.63, 3.8) is 0 Å². The van der Waals surface area contributed by atoms with Crippen LogP contribution in [0.15, 0.2) is 66.7 Å². The summed E-state index contributed by atoms with van der Waals surface area (Å²) in [4.78, 5) is 29.7. The van der Waals surface area contributed by atoms with Gasteiger partial charge in [0.15, 0.2) is 0 Å². The Bertz CT molecular complexity index is 1220. The van der Waals surface area contributed by atoms with Crippen molar-refractivity contribution in [2.75, 3.05) is 0 Å². The predicted octanol–water partition coefficient (Wildman–Crippen LogP) is 5.83. The van der Waals surface area contributed by atoms with Gasteiger partial charge in [-0.2, -0.15) is 0 Å². The average molecular weight is 484 g/mol. The number of nitrogens with one attached hydrogen (secondary N) is 1. The van der Waals surface area contributed by atoms with Gasteiger partial charge in [0.05, 0.1) is 6.54 Å². The molecule has 5 rings (SSSR count). The van der Waals surface area contributed by atoms with Crippen LogP contribution in [0.5, 0.6) is 0 Å². The van der Waals surface area contributed by atoms with Crippen LogP contribution in [0, 0.1) is 5.92 Å². The molecule has 2 aromatic carbocycles. The Morgan fingerprint density at radius 2 is 1.56 bits per heavy atom. The Hall–Kier alpha value is -3.34. The van der Waals surface area contributed by atoms with Crippen molar-refractivity contribution < 1.29 is 9.59 Å². The molecule has 5 heteroatoms. The molecule has 1 aromatic heterocycles. The highest BCUT2D eigenvalue weighted by molar-refractivity contribution is 6.00. The van der Waals surface area contributed by atoms with Crippen molar-refractivity contribution in [3.05, 3.63) is 83.6 Å². The minimum Gasteiger partial charge on any atom is -0.351 e. The van der Waals surface area contributed by atoms with Crippen molar-refractivity contribution in [1.82, 2.24) is 14.8 Å².